The highest BCUT2D eigenvalue weighted by Crippen LogP contribution is 2.32. The first kappa shape index (κ1) is 19.6. The Labute approximate surface area is 184 Å². The molecule has 0 saturated heterocycles. The molecule has 0 fully saturated rings. The minimum Gasteiger partial charge on any atom is -0.472 e. The maximum absolute atomic E-state index is 12.7. The molecule has 0 unspecified atom stereocenters. The molecule has 158 valence electrons. The average Bonchev–Trinajstić information content (AvgIpc) is 3.50. The van der Waals surface area contributed by atoms with Crippen LogP contribution in [0.25, 0.3) is 0 Å². The van der Waals surface area contributed by atoms with Crippen LogP contribution in [0.1, 0.15) is 26.3 Å². The lowest BCUT2D eigenvalue weighted by Gasteiger charge is -2.16. The molecule has 1 N–H and O–H groups in total. The summed E-state index contributed by atoms with van der Waals surface area (Å²) < 4.78 is 10.7. The summed E-state index contributed by atoms with van der Waals surface area (Å²) in [7, 11) is 0. The maximum Gasteiger partial charge on any atom is 0.261 e. The predicted octanol–water partition coefficient (Wildman–Crippen LogP) is 4.92. The third-order valence-corrected chi connectivity index (χ3v) is 5.23. The van der Waals surface area contributed by atoms with Crippen LogP contribution in [0.4, 0.5) is 11.4 Å². The van der Waals surface area contributed by atoms with Gasteiger partial charge in [0, 0.05) is 29.7 Å². The fourth-order valence-electron chi connectivity index (χ4n) is 3.65. The van der Waals surface area contributed by atoms with E-state index in [1.807, 2.05) is 18.2 Å². The molecule has 3 heterocycles. The molecule has 2 aromatic heterocycles. The van der Waals surface area contributed by atoms with Crippen molar-refractivity contribution >= 4 is 23.2 Å². The first-order valence-corrected chi connectivity index (χ1v) is 10.1. The summed E-state index contributed by atoms with van der Waals surface area (Å²) in [6.07, 6.45) is 6.96. The third kappa shape index (κ3) is 3.96. The number of fused-ring (bicyclic) bond motifs is 1. The number of benzene rings is 2. The van der Waals surface area contributed by atoms with Crippen LogP contribution in [0.2, 0.25) is 0 Å². The third-order valence-electron chi connectivity index (χ3n) is 5.23. The first-order chi connectivity index (χ1) is 15.7. The van der Waals surface area contributed by atoms with Gasteiger partial charge in [0.1, 0.15) is 17.8 Å². The van der Waals surface area contributed by atoms with E-state index in [1.54, 1.807) is 59.8 Å². The van der Waals surface area contributed by atoms with Gasteiger partial charge in [-0.2, -0.15) is 0 Å². The van der Waals surface area contributed by atoms with Gasteiger partial charge in [0.05, 0.1) is 18.0 Å². The summed E-state index contributed by atoms with van der Waals surface area (Å²) in [6, 6.07) is 17.7. The number of amides is 2. The molecule has 5 rings (SSSR count). The second-order valence-electron chi connectivity index (χ2n) is 7.33. The molecule has 2 amide bonds. The second-order valence-corrected chi connectivity index (χ2v) is 7.33. The lowest BCUT2D eigenvalue weighted by atomic mass is 10.1. The van der Waals surface area contributed by atoms with Gasteiger partial charge in [-0.15, -0.1) is 0 Å². The Kier molecular flexibility index (Phi) is 5.13. The summed E-state index contributed by atoms with van der Waals surface area (Å²) in [6.45, 7) is 0.592. The normalized spacial score (nSPS) is 12.3. The summed E-state index contributed by atoms with van der Waals surface area (Å²) in [5.41, 5.74) is 3.58. The van der Waals surface area contributed by atoms with Crippen molar-refractivity contribution in [3.63, 3.8) is 0 Å². The summed E-state index contributed by atoms with van der Waals surface area (Å²) in [4.78, 5) is 31.1. The van der Waals surface area contributed by atoms with Gasteiger partial charge < -0.3 is 19.4 Å². The molecule has 0 spiro atoms. The monoisotopic (exact) mass is 425 g/mol. The van der Waals surface area contributed by atoms with Crippen LogP contribution in [0.15, 0.2) is 90.0 Å². The van der Waals surface area contributed by atoms with Crippen molar-refractivity contribution in [2.45, 2.75) is 6.42 Å². The number of rotatable bonds is 5. The number of aromatic nitrogens is 1. The van der Waals surface area contributed by atoms with Gasteiger partial charge in [-0.3, -0.25) is 14.6 Å². The van der Waals surface area contributed by atoms with Gasteiger partial charge in [0.25, 0.3) is 11.8 Å². The maximum atomic E-state index is 12.7. The lowest BCUT2D eigenvalue weighted by molar-refractivity contribution is 0.0987. The number of nitrogens with one attached hydrogen (secondary N) is 1. The second kappa shape index (κ2) is 8.39. The highest BCUT2D eigenvalue weighted by Gasteiger charge is 2.26. The average molecular weight is 425 g/mol. The Balaban J connectivity index is 1.26. The van der Waals surface area contributed by atoms with Crippen LogP contribution in [-0.4, -0.2) is 23.3 Å². The molecule has 2 aromatic carbocycles. The van der Waals surface area contributed by atoms with Crippen molar-refractivity contribution in [2.75, 3.05) is 16.8 Å². The number of carbonyl (C=O) groups excluding carboxylic acids is 2. The Morgan fingerprint density at radius 2 is 1.88 bits per heavy atom. The Morgan fingerprint density at radius 1 is 1.00 bits per heavy atom. The van der Waals surface area contributed by atoms with E-state index in [4.69, 9.17) is 9.15 Å². The number of hydrogen-bond acceptors (Lipinski definition) is 5. The van der Waals surface area contributed by atoms with Crippen LogP contribution in [-0.2, 0) is 6.42 Å². The van der Waals surface area contributed by atoms with Crippen molar-refractivity contribution in [3.8, 4) is 11.5 Å². The van der Waals surface area contributed by atoms with E-state index < -0.39 is 0 Å². The Hall–Kier alpha value is -4.39. The zero-order valence-corrected chi connectivity index (χ0v) is 17.0. The molecule has 0 atom stereocenters. The SMILES string of the molecule is O=C(Nc1ccc2c(c1)CCN2C(=O)c1ccoc1)c1ccc(Oc2cccnc2)cc1. The number of carbonyl (C=O) groups is 2. The number of furan rings is 1. The van der Waals surface area contributed by atoms with Gasteiger partial charge in [0.15, 0.2) is 0 Å². The molecule has 32 heavy (non-hydrogen) atoms. The van der Waals surface area contributed by atoms with Crippen molar-refractivity contribution < 1.29 is 18.7 Å². The largest absolute Gasteiger partial charge is 0.472 e. The molecule has 0 aliphatic carbocycles. The van der Waals surface area contributed by atoms with Gasteiger partial charge in [-0.05, 0) is 72.6 Å². The molecule has 1 aliphatic rings. The number of hydrogen-bond donors (Lipinski definition) is 1. The zero-order valence-electron chi connectivity index (χ0n) is 17.0. The summed E-state index contributed by atoms with van der Waals surface area (Å²) in [5, 5.41) is 2.92. The van der Waals surface area contributed by atoms with Crippen molar-refractivity contribution in [1.29, 1.82) is 0 Å². The van der Waals surface area contributed by atoms with Gasteiger partial charge in [0.2, 0.25) is 0 Å². The van der Waals surface area contributed by atoms with Crippen molar-refractivity contribution in [2.24, 2.45) is 0 Å². The van der Waals surface area contributed by atoms with E-state index in [2.05, 4.69) is 10.3 Å². The predicted molar refractivity (Wildman–Crippen MR) is 119 cm³/mol. The number of ether oxygens (including phenoxy) is 1. The molecule has 0 bridgehead atoms. The fraction of sp³-hybridized carbons (Fsp3) is 0.0800. The van der Waals surface area contributed by atoms with Crippen LogP contribution >= 0.6 is 0 Å². The highest BCUT2D eigenvalue weighted by molar-refractivity contribution is 6.08. The molecule has 1 aliphatic heterocycles. The Bertz CT molecular complexity index is 1250. The summed E-state index contributed by atoms with van der Waals surface area (Å²) >= 11 is 0. The number of pyridine rings is 1. The molecular weight excluding hydrogens is 406 g/mol. The molecule has 0 radical (unpaired) electrons. The zero-order chi connectivity index (χ0) is 21.9. The van der Waals surface area contributed by atoms with Crippen molar-refractivity contribution in [1.82, 2.24) is 4.98 Å². The van der Waals surface area contributed by atoms with E-state index >= 15 is 0 Å². The van der Waals surface area contributed by atoms with E-state index in [1.165, 1.54) is 12.5 Å². The lowest BCUT2D eigenvalue weighted by Crippen LogP contribution is -2.28. The van der Waals surface area contributed by atoms with Crippen LogP contribution < -0.4 is 15.0 Å². The topological polar surface area (TPSA) is 84.7 Å². The van der Waals surface area contributed by atoms with E-state index in [0.717, 1.165) is 17.7 Å². The molecule has 7 heteroatoms. The van der Waals surface area contributed by atoms with E-state index in [-0.39, 0.29) is 11.8 Å². The standard InChI is InChI=1S/C25H19N3O4/c29-24(17-3-6-21(7-4-17)32-22-2-1-11-26-15-22)27-20-5-8-23-18(14-20)9-12-28(23)25(30)19-10-13-31-16-19/h1-8,10-11,13-16H,9,12H2,(H,27,29). The molecule has 4 aromatic rings. The Morgan fingerprint density at radius 3 is 2.62 bits per heavy atom. The number of nitrogens with zero attached hydrogens (tertiary/aromatic N) is 2. The minimum absolute atomic E-state index is 0.0946. The minimum atomic E-state index is -0.220. The number of anilines is 2. The van der Waals surface area contributed by atoms with Gasteiger partial charge in [-0.25, -0.2) is 0 Å². The van der Waals surface area contributed by atoms with E-state index in [0.29, 0.717) is 34.9 Å². The molecule has 0 saturated carbocycles. The van der Waals surface area contributed by atoms with Crippen LogP contribution in [0.3, 0.4) is 0 Å². The summed E-state index contributed by atoms with van der Waals surface area (Å²) in [5.74, 6) is 0.933. The van der Waals surface area contributed by atoms with Crippen molar-refractivity contribution in [3.05, 3.63) is 102 Å². The van der Waals surface area contributed by atoms with Crippen LogP contribution in [0.5, 0.6) is 11.5 Å². The van der Waals surface area contributed by atoms with E-state index in [9.17, 15) is 9.59 Å². The smallest absolute Gasteiger partial charge is 0.261 e. The molecular formula is C25H19N3O4. The first-order valence-electron chi connectivity index (χ1n) is 10.1. The quantitative estimate of drug-likeness (QED) is 0.491. The molecule has 7 nitrogen and oxygen atoms in total. The fourth-order valence-corrected chi connectivity index (χ4v) is 3.65. The van der Waals surface area contributed by atoms with Crippen LogP contribution in [0, 0.1) is 0 Å². The van der Waals surface area contributed by atoms with Gasteiger partial charge in [-0.1, -0.05) is 0 Å². The highest BCUT2D eigenvalue weighted by atomic mass is 16.5. The van der Waals surface area contributed by atoms with Gasteiger partial charge >= 0.3 is 0 Å².